The van der Waals surface area contributed by atoms with E-state index < -0.39 is 0 Å². The Balaban J connectivity index is 2.06. The molecule has 0 aliphatic carbocycles. The highest BCUT2D eigenvalue weighted by molar-refractivity contribution is 6.10. The van der Waals surface area contributed by atoms with Gasteiger partial charge in [-0.15, -0.1) is 0 Å². The Morgan fingerprint density at radius 1 is 1.13 bits per heavy atom. The lowest BCUT2D eigenvalue weighted by atomic mass is 10.0. The second kappa shape index (κ2) is 6.51. The molecule has 0 unspecified atom stereocenters. The van der Waals surface area contributed by atoms with E-state index in [1.54, 1.807) is 4.90 Å². The fraction of sp³-hybridized carbons (Fsp3) is 0.222. The van der Waals surface area contributed by atoms with Crippen molar-refractivity contribution < 1.29 is 9.59 Å². The number of urea groups is 1. The fourth-order valence-electron chi connectivity index (χ4n) is 2.66. The molecule has 0 saturated carbocycles. The van der Waals surface area contributed by atoms with Gasteiger partial charge in [0.25, 0.3) is 0 Å². The number of anilines is 1. The quantitative estimate of drug-likeness (QED) is 0.833. The maximum absolute atomic E-state index is 12.1. The van der Waals surface area contributed by atoms with Gasteiger partial charge in [-0.3, -0.25) is 15.0 Å². The zero-order chi connectivity index (χ0) is 16.2. The fourth-order valence-corrected chi connectivity index (χ4v) is 2.66. The van der Waals surface area contributed by atoms with Crippen LogP contribution in [0, 0.1) is 11.8 Å². The molecule has 1 aliphatic heterocycles. The van der Waals surface area contributed by atoms with E-state index in [0.717, 1.165) is 22.0 Å². The molecular weight excluding hydrogens is 290 g/mol. The molecule has 116 valence electrons. The second-order valence-corrected chi connectivity index (χ2v) is 5.27. The first-order valence-electron chi connectivity index (χ1n) is 7.53. The Morgan fingerprint density at radius 2 is 1.91 bits per heavy atom. The molecule has 1 saturated heterocycles. The highest BCUT2D eigenvalue weighted by Crippen LogP contribution is 2.29. The van der Waals surface area contributed by atoms with Gasteiger partial charge in [-0.05, 0) is 17.5 Å². The highest BCUT2D eigenvalue weighted by atomic mass is 16.2. The van der Waals surface area contributed by atoms with Gasteiger partial charge in [0.2, 0.25) is 5.91 Å². The van der Waals surface area contributed by atoms with Gasteiger partial charge < -0.3 is 5.73 Å². The van der Waals surface area contributed by atoms with Crippen molar-refractivity contribution in [1.82, 2.24) is 5.32 Å². The summed E-state index contributed by atoms with van der Waals surface area (Å²) in [5, 5.41) is 4.28. The molecule has 5 nitrogen and oxygen atoms in total. The molecule has 3 rings (SSSR count). The second-order valence-electron chi connectivity index (χ2n) is 5.27. The van der Waals surface area contributed by atoms with Gasteiger partial charge in [-0.25, -0.2) is 4.79 Å². The van der Waals surface area contributed by atoms with E-state index in [0.29, 0.717) is 25.9 Å². The van der Waals surface area contributed by atoms with Gasteiger partial charge in [0, 0.05) is 36.9 Å². The first-order chi connectivity index (χ1) is 11.2. The Kier molecular flexibility index (Phi) is 4.26. The van der Waals surface area contributed by atoms with Crippen LogP contribution in [-0.4, -0.2) is 25.0 Å². The summed E-state index contributed by atoms with van der Waals surface area (Å²) in [6.45, 7) is 0.915. The molecule has 5 heteroatoms. The number of imide groups is 1. The van der Waals surface area contributed by atoms with Gasteiger partial charge in [-0.1, -0.05) is 36.1 Å². The maximum Gasteiger partial charge on any atom is 0.328 e. The van der Waals surface area contributed by atoms with Crippen molar-refractivity contribution in [3.8, 4) is 11.8 Å². The van der Waals surface area contributed by atoms with Crippen molar-refractivity contribution in [2.75, 3.05) is 18.0 Å². The number of hydrogen-bond acceptors (Lipinski definition) is 3. The summed E-state index contributed by atoms with van der Waals surface area (Å²) in [5.41, 5.74) is 7.17. The molecule has 23 heavy (non-hydrogen) atoms. The zero-order valence-corrected chi connectivity index (χ0v) is 12.6. The largest absolute Gasteiger partial charge is 0.330 e. The number of nitrogens with one attached hydrogen (secondary N) is 1. The van der Waals surface area contributed by atoms with Crippen LogP contribution in [0.2, 0.25) is 0 Å². The van der Waals surface area contributed by atoms with Crippen molar-refractivity contribution in [3.63, 3.8) is 0 Å². The molecule has 0 bridgehead atoms. The first kappa shape index (κ1) is 15.1. The van der Waals surface area contributed by atoms with Crippen LogP contribution in [0.25, 0.3) is 10.8 Å². The molecule has 0 radical (unpaired) electrons. The van der Waals surface area contributed by atoms with Crippen LogP contribution in [0.5, 0.6) is 0 Å². The average Bonchev–Trinajstić information content (AvgIpc) is 2.55. The monoisotopic (exact) mass is 307 g/mol. The van der Waals surface area contributed by atoms with Crippen molar-refractivity contribution in [1.29, 1.82) is 0 Å². The average molecular weight is 307 g/mol. The van der Waals surface area contributed by atoms with Crippen molar-refractivity contribution in [3.05, 3.63) is 42.0 Å². The molecule has 3 amide bonds. The van der Waals surface area contributed by atoms with Crippen LogP contribution >= 0.6 is 0 Å². The number of carbonyl (C=O) groups is 2. The highest BCUT2D eigenvalue weighted by Gasteiger charge is 2.25. The molecule has 0 spiro atoms. The van der Waals surface area contributed by atoms with Gasteiger partial charge in [0.05, 0.1) is 5.69 Å². The van der Waals surface area contributed by atoms with Crippen LogP contribution in [-0.2, 0) is 4.79 Å². The standard InChI is InChI=1S/C18H17N3O2/c19-11-2-1-5-13-6-3-8-15-14(13)7-4-9-16(15)21-12-10-17(22)20-18(21)23/h3-4,6-9H,2,10-12,19H2,(H,20,22,23). The number of benzene rings is 2. The minimum absolute atomic E-state index is 0.236. The Morgan fingerprint density at radius 3 is 2.70 bits per heavy atom. The number of hydrogen-bond donors (Lipinski definition) is 2. The number of fused-ring (bicyclic) bond motifs is 1. The van der Waals surface area contributed by atoms with Crippen LogP contribution in [0.3, 0.4) is 0 Å². The van der Waals surface area contributed by atoms with E-state index in [4.69, 9.17) is 5.73 Å². The smallest absolute Gasteiger partial charge is 0.328 e. The van der Waals surface area contributed by atoms with Crippen molar-refractivity contribution in [2.24, 2.45) is 5.73 Å². The number of rotatable bonds is 2. The first-order valence-corrected chi connectivity index (χ1v) is 7.53. The number of nitrogens with zero attached hydrogens (tertiary/aromatic N) is 1. The lowest BCUT2D eigenvalue weighted by molar-refractivity contribution is -0.120. The summed E-state index contributed by atoms with van der Waals surface area (Å²) in [6, 6.07) is 11.2. The molecule has 1 aliphatic rings. The lowest BCUT2D eigenvalue weighted by Gasteiger charge is -2.27. The number of nitrogens with two attached hydrogens (primary N) is 1. The number of amides is 3. The molecule has 3 N–H and O–H groups in total. The van der Waals surface area contributed by atoms with Gasteiger partial charge >= 0.3 is 6.03 Å². The lowest BCUT2D eigenvalue weighted by Crippen LogP contribution is -2.49. The Bertz CT molecular complexity index is 833. The molecule has 1 fully saturated rings. The summed E-state index contributed by atoms with van der Waals surface area (Å²) in [4.78, 5) is 25.0. The minimum Gasteiger partial charge on any atom is -0.330 e. The maximum atomic E-state index is 12.1. The molecule has 2 aromatic carbocycles. The van der Waals surface area contributed by atoms with Crippen molar-refractivity contribution >= 4 is 28.4 Å². The predicted octanol–water partition coefficient (Wildman–Crippen LogP) is 1.99. The molecule has 0 aromatic heterocycles. The summed E-state index contributed by atoms with van der Waals surface area (Å²) in [7, 11) is 0. The molecule has 1 heterocycles. The van der Waals surface area contributed by atoms with Gasteiger partial charge in [-0.2, -0.15) is 0 Å². The molecule has 2 aromatic rings. The van der Waals surface area contributed by atoms with Crippen LogP contribution in [0.15, 0.2) is 36.4 Å². The van der Waals surface area contributed by atoms with Crippen LogP contribution < -0.4 is 16.0 Å². The van der Waals surface area contributed by atoms with Crippen LogP contribution in [0.1, 0.15) is 18.4 Å². The molecular formula is C18H17N3O2. The van der Waals surface area contributed by atoms with E-state index in [9.17, 15) is 9.59 Å². The van der Waals surface area contributed by atoms with Crippen LogP contribution in [0.4, 0.5) is 10.5 Å². The minimum atomic E-state index is -0.381. The van der Waals surface area contributed by atoms with E-state index in [-0.39, 0.29) is 11.9 Å². The predicted molar refractivity (Wildman–Crippen MR) is 90.0 cm³/mol. The summed E-state index contributed by atoms with van der Waals surface area (Å²) in [5.74, 6) is 5.94. The van der Waals surface area contributed by atoms with Gasteiger partial charge in [0.1, 0.15) is 0 Å². The van der Waals surface area contributed by atoms with E-state index >= 15 is 0 Å². The SMILES string of the molecule is NCCC#Cc1cccc2c(N3CCC(=O)NC3=O)cccc12. The van der Waals surface area contributed by atoms with E-state index in [1.807, 2.05) is 36.4 Å². The van der Waals surface area contributed by atoms with E-state index in [1.165, 1.54) is 0 Å². The van der Waals surface area contributed by atoms with Gasteiger partial charge in [0.15, 0.2) is 0 Å². The Labute approximate surface area is 134 Å². The summed E-state index contributed by atoms with van der Waals surface area (Å²) < 4.78 is 0. The van der Waals surface area contributed by atoms with Crippen molar-refractivity contribution in [2.45, 2.75) is 12.8 Å². The summed E-state index contributed by atoms with van der Waals surface area (Å²) >= 11 is 0. The third-order valence-electron chi connectivity index (χ3n) is 3.74. The third kappa shape index (κ3) is 3.03. The third-order valence-corrected chi connectivity index (χ3v) is 3.74. The van der Waals surface area contributed by atoms with E-state index in [2.05, 4.69) is 17.2 Å². The number of carbonyl (C=O) groups excluding carboxylic acids is 2. The zero-order valence-electron chi connectivity index (χ0n) is 12.6. The normalized spacial score (nSPS) is 14.4. The topological polar surface area (TPSA) is 75.4 Å². The Hall–Kier alpha value is -2.84. The molecule has 0 atom stereocenters. The summed E-state index contributed by atoms with van der Waals surface area (Å²) in [6.07, 6.45) is 0.949.